The van der Waals surface area contributed by atoms with Gasteiger partial charge in [0.05, 0.1) is 6.33 Å². The maximum absolute atomic E-state index is 12.0. The number of nitrogens with zero attached hydrogens (tertiary/aromatic N) is 3. The summed E-state index contributed by atoms with van der Waals surface area (Å²) in [6.07, 6.45) is 3.20. The summed E-state index contributed by atoms with van der Waals surface area (Å²) in [5.41, 5.74) is 6.32. The summed E-state index contributed by atoms with van der Waals surface area (Å²) in [6.45, 7) is 1.05. The first-order valence-electron chi connectivity index (χ1n) is 6.36. The van der Waals surface area contributed by atoms with E-state index in [-0.39, 0.29) is 12.5 Å². The van der Waals surface area contributed by atoms with Crippen LogP contribution in [0.25, 0.3) is 0 Å². The predicted octanol–water partition coefficient (Wildman–Crippen LogP) is 0.996. The van der Waals surface area contributed by atoms with Gasteiger partial charge in [-0.15, -0.1) is 0 Å². The van der Waals surface area contributed by atoms with Gasteiger partial charge in [0.1, 0.15) is 17.5 Å². The van der Waals surface area contributed by atoms with Crippen molar-refractivity contribution in [3.63, 3.8) is 0 Å². The van der Waals surface area contributed by atoms with Gasteiger partial charge in [-0.05, 0) is 12.1 Å². The number of carbonyl (C=O) groups is 1. The number of hydrogen-bond donors (Lipinski definition) is 2. The average molecular weight is 285 g/mol. The van der Waals surface area contributed by atoms with Crippen molar-refractivity contribution in [2.75, 3.05) is 18.5 Å². The molecule has 3 N–H and O–H groups in total. The summed E-state index contributed by atoms with van der Waals surface area (Å²) in [4.78, 5) is 16.1. The van der Waals surface area contributed by atoms with Gasteiger partial charge in [0.25, 0.3) is 5.91 Å². The van der Waals surface area contributed by atoms with E-state index < -0.39 is 0 Å². The third-order valence-corrected chi connectivity index (χ3v) is 2.65. The van der Waals surface area contributed by atoms with E-state index in [4.69, 9.17) is 15.7 Å². The number of rotatable bonds is 6. The minimum Gasteiger partial charge on any atom is -0.479 e. The van der Waals surface area contributed by atoms with Gasteiger partial charge in [0.2, 0.25) is 0 Å². The monoisotopic (exact) mass is 285 g/mol. The van der Waals surface area contributed by atoms with Crippen molar-refractivity contribution >= 4 is 11.6 Å². The standard InChI is InChI=1S/C14H15N5O2/c15-4-6-19-9-13(17-10-19)14(20)18-11-2-1-3-12(8-11)21-7-5-16/h1-3,8-10H,4,6-7,15H2,(H,18,20). The van der Waals surface area contributed by atoms with Crippen LogP contribution in [0, 0.1) is 11.3 Å². The zero-order valence-corrected chi connectivity index (χ0v) is 11.3. The molecule has 0 radical (unpaired) electrons. The summed E-state index contributed by atoms with van der Waals surface area (Å²) < 4.78 is 6.92. The Morgan fingerprint density at radius 3 is 3.14 bits per heavy atom. The molecule has 21 heavy (non-hydrogen) atoms. The summed E-state index contributed by atoms with van der Waals surface area (Å²) in [5, 5.41) is 11.2. The number of ether oxygens (including phenoxy) is 1. The Hall–Kier alpha value is -2.85. The summed E-state index contributed by atoms with van der Waals surface area (Å²) in [6, 6.07) is 8.70. The molecule has 0 saturated carbocycles. The molecule has 1 amide bonds. The summed E-state index contributed by atoms with van der Waals surface area (Å²) in [7, 11) is 0. The Morgan fingerprint density at radius 2 is 2.38 bits per heavy atom. The molecule has 1 aromatic heterocycles. The van der Waals surface area contributed by atoms with Crippen molar-refractivity contribution in [2.24, 2.45) is 5.73 Å². The highest BCUT2D eigenvalue weighted by atomic mass is 16.5. The van der Waals surface area contributed by atoms with Crippen molar-refractivity contribution in [1.29, 1.82) is 5.26 Å². The zero-order valence-electron chi connectivity index (χ0n) is 11.3. The Kier molecular flexibility index (Phi) is 4.90. The lowest BCUT2D eigenvalue weighted by Crippen LogP contribution is -2.13. The number of imidazole rings is 1. The molecular weight excluding hydrogens is 270 g/mol. The SMILES string of the molecule is N#CCOc1cccc(NC(=O)c2cn(CCN)cn2)c1. The fourth-order valence-electron chi connectivity index (χ4n) is 1.72. The third-order valence-electron chi connectivity index (χ3n) is 2.65. The number of nitrogens with two attached hydrogens (primary N) is 1. The fraction of sp³-hybridized carbons (Fsp3) is 0.214. The average Bonchev–Trinajstić information content (AvgIpc) is 2.95. The van der Waals surface area contributed by atoms with Crippen molar-refractivity contribution in [3.05, 3.63) is 42.5 Å². The van der Waals surface area contributed by atoms with Gasteiger partial charge in [0.15, 0.2) is 6.61 Å². The molecule has 0 bridgehead atoms. The molecular formula is C14H15N5O2. The molecule has 0 saturated heterocycles. The Labute approximate surface area is 122 Å². The van der Waals surface area contributed by atoms with Gasteiger partial charge in [-0.25, -0.2) is 4.98 Å². The number of carbonyl (C=O) groups excluding carboxylic acids is 1. The van der Waals surface area contributed by atoms with Crippen LogP contribution in [0.4, 0.5) is 5.69 Å². The molecule has 0 atom stereocenters. The molecule has 7 nitrogen and oxygen atoms in total. The van der Waals surface area contributed by atoms with Gasteiger partial charge in [-0.3, -0.25) is 4.79 Å². The van der Waals surface area contributed by atoms with Crippen LogP contribution in [0.5, 0.6) is 5.75 Å². The molecule has 0 unspecified atom stereocenters. The van der Waals surface area contributed by atoms with Crippen LogP contribution in [0.3, 0.4) is 0 Å². The highest BCUT2D eigenvalue weighted by Gasteiger charge is 2.10. The number of amides is 1. The molecule has 7 heteroatoms. The molecule has 0 fully saturated rings. The van der Waals surface area contributed by atoms with Crippen LogP contribution < -0.4 is 15.8 Å². The number of hydrogen-bond acceptors (Lipinski definition) is 5. The summed E-state index contributed by atoms with van der Waals surface area (Å²) >= 11 is 0. The lowest BCUT2D eigenvalue weighted by atomic mass is 10.3. The highest BCUT2D eigenvalue weighted by Crippen LogP contribution is 2.17. The molecule has 0 aliphatic carbocycles. The molecule has 1 heterocycles. The van der Waals surface area contributed by atoms with Crippen molar-refractivity contribution < 1.29 is 9.53 Å². The van der Waals surface area contributed by atoms with E-state index in [0.717, 1.165) is 0 Å². The minimum absolute atomic E-state index is 0.0408. The quantitative estimate of drug-likeness (QED) is 0.823. The lowest BCUT2D eigenvalue weighted by Gasteiger charge is -2.06. The van der Waals surface area contributed by atoms with Gasteiger partial charge in [0, 0.05) is 31.0 Å². The molecule has 0 aliphatic rings. The van der Waals surface area contributed by atoms with Gasteiger partial charge in [-0.2, -0.15) is 5.26 Å². The van der Waals surface area contributed by atoms with Crippen LogP contribution in [0.1, 0.15) is 10.5 Å². The minimum atomic E-state index is -0.316. The second kappa shape index (κ2) is 7.07. The largest absolute Gasteiger partial charge is 0.479 e. The second-order valence-electron chi connectivity index (χ2n) is 4.21. The van der Waals surface area contributed by atoms with Gasteiger partial charge < -0.3 is 20.4 Å². The third kappa shape index (κ3) is 4.06. The van der Waals surface area contributed by atoms with E-state index in [9.17, 15) is 4.79 Å². The van der Waals surface area contributed by atoms with E-state index >= 15 is 0 Å². The molecule has 0 aliphatic heterocycles. The number of nitriles is 1. The molecule has 2 aromatic rings. The molecule has 0 spiro atoms. The van der Waals surface area contributed by atoms with Crippen LogP contribution in [0.15, 0.2) is 36.8 Å². The number of aromatic nitrogens is 2. The fourth-order valence-corrected chi connectivity index (χ4v) is 1.72. The van der Waals surface area contributed by atoms with E-state index in [2.05, 4.69) is 10.3 Å². The van der Waals surface area contributed by atoms with Crippen LogP contribution in [-0.2, 0) is 6.54 Å². The van der Waals surface area contributed by atoms with Crippen LogP contribution >= 0.6 is 0 Å². The van der Waals surface area contributed by atoms with Crippen molar-refractivity contribution in [2.45, 2.75) is 6.54 Å². The Balaban J connectivity index is 2.03. The zero-order chi connectivity index (χ0) is 15.1. The first-order chi connectivity index (χ1) is 10.2. The molecule has 2 rings (SSSR count). The predicted molar refractivity (Wildman–Crippen MR) is 76.8 cm³/mol. The second-order valence-corrected chi connectivity index (χ2v) is 4.21. The number of anilines is 1. The van der Waals surface area contributed by atoms with Crippen molar-refractivity contribution in [3.8, 4) is 11.8 Å². The smallest absolute Gasteiger partial charge is 0.275 e. The van der Waals surface area contributed by atoms with Crippen LogP contribution in [0.2, 0.25) is 0 Å². The van der Waals surface area contributed by atoms with Gasteiger partial charge in [-0.1, -0.05) is 6.07 Å². The van der Waals surface area contributed by atoms with E-state index in [1.165, 1.54) is 0 Å². The maximum atomic E-state index is 12.0. The van der Waals surface area contributed by atoms with Gasteiger partial charge >= 0.3 is 0 Å². The number of nitrogens with one attached hydrogen (secondary N) is 1. The van der Waals surface area contributed by atoms with E-state index in [1.54, 1.807) is 41.4 Å². The topological polar surface area (TPSA) is 106 Å². The van der Waals surface area contributed by atoms with E-state index in [0.29, 0.717) is 30.2 Å². The lowest BCUT2D eigenvalue weighted by molar-refractivity contribution is 0.102. The normalized spacial score (nSPS) is 9.90. The van der Waals surface area contributed by atoms with E-state index in [1.807, 2.05) is 6.07 Å². The first-order valence-corrected chi connectivity index (χ1v) is 6.36. The molecule has 1 aromatic carbocycles. The highest BCUT2D eigenvalue weighted by molar-refractivity contribution is 6.02. The number of benzene rings is 1. The Morgan fingerprint density at radius 1 is 1.52 bits per heavy atom. The summed E-state index contributed by atoms with van der Waals surface area (Å²) in [5.74, 6) is 0.200. The first kappa shape index (κ1) is 14.6. The molecule has 108 valence electrons. The van der Waals surface area contributed by atoms with Crippen LogP contribution in [-0.4, -0.2) is 28.6 Å². The maximum Gasteiger partial charge on any atom is 0.275 e. The van der Waals surface area contributed by atoms with Crippen molar-refractivity contribution in [1.82, 2.24) is 9.55 Å². The Bertz CT molecular complexity index is 659.